The van der Waals surface area contributed by atoms with Crippen molar-refractivity contribution in [3.05, 3.63) is 39.0 Å². The molecule has 1 amide bonds. The number of likely N-dealkylation sites (N-methyl/N-ethyl adjacent to an activating group) is 1. The van der Waals surface area contributed by atoms with Crippen LogP contribution in [0.1, 0.15) is 25.7 Å². The van der Waals surface area contributed by atoms with Crippen LogP contribution in [0.15, 0.2) is 32.7 Å². The minimum Gasteiger partial charge on any atom is -0.341 e. The van der Waals surface area contributed by atoms with Crippen molar-refractivity contribution in [1.82, 2.24) is 23.2 Å². The largest absolute Gasteiger partial charge is 0.341 e. The highest BCUT2D eigenvalue weighted by molar-refractivity contribution is 7.89. The maximum atomic E-state index is 13.2. The van der Waals surface area contributed by atoms with Crippen molar-refractivity contribution in [1.29, 1.82) is 0 Å². The molecule has 1 aromatic heterocycles. The molecular weight excluding hydrogens is 446 g/mol. The molecule has 0 atom stereocenters. The van der Waals surface area contributed by atoms with E-state index in [1.165, 1.54) is 34.1 Å². The van der Waals surface area contributed by atoms with Crippen molar-refractivity contribution in [2.75, 3.05) is 46.3 Å². The van der Waals surface area contributed by atoms with E-state index in [0.29, 0.717) is 44.8 Å². The molecule has 11 heteroatoms. The monoisotopic (exact) mass is 477 g/mol. The zero-order valence-corrected chi connectivity index (χ0v) is 20.0. The van der Waals surface area contributed by atoms with Gasteiger partial charge in [-0.3, -0.25) is 18.7 Å². The van der Waals surface area contributed by atoms with Crippen molar-refractivity contribution in [2.45, 2.75) is 37.1 Å². The van der Waals surface area contributed by atoms with Crippen molar-refractivity contribution >= 4 is 26.8 Å². The van der Waals surface area contributed by atoms with Crippen molar-refractivity contribution < 1.29 is 13.2 Å². The van der Waals surface area contributed by atoms with Gasteiger partial charge in [0, 0.05) is 46.3 Å². The first-order valence-electron chi connectivity index (χ1n) is 11.4. The van der Waals surface area contributed by atoms with Gasteiger partial charge in [0.1, 0.15) is 6.54 Å². The first-order valence-corrected chi connectivity index (χ1v) is 12.8. The third-order valence-electron chi connectivity index (χ3n) is 6.67. The lowest BCUT2D eigenvalue weighted by Crippen LogP contribution is -2.47. The van der Waals surface area contributed by atoms with Gasteiger partial charge in [-0.05, 0) is 38.1 Å². The summed E-state index contributed by atoms with van der Waals surface area (Å²) in [7, 11) is -0.318. The van der Waals surface area contributed by atoms with Gasteiger partial charge in [0.25, 0.3) is 5.56 Å². The fourth-order valence-electron chi connectivity index (χ4n) is 4.53. The summed E-state index contributed by atoms with van der Waals surface area (Å²) in [6.45, 7) is 2.90. The van der Waals surface area contributed by atoms with Crippen molar-refractivity contribution in [2.24, 2.45) is 7.05 Å². The van der Waals surface area contributed by atoms with Gasteiger partial charge in [-0.25, -0.2) is 13.2 Å². The standard InChI is InChI=1S/C22H31N5O5S/c1-23-11-13-26(14-12-23)33(31,32)17-7-8-19-18(15-17)21(29)27(22(30)24(19)2)16-20(28)25-9-5-3-4-6-10-25/h7-8,15H,3-6,9-14,16H2,1-2H3. The molecule has 0 aliphatic carbocycles. The second kappa shape index (κ2) is 9.40. The number of fused-ring (bicyclic) bond motifs is 1. The predicted molar refractivity (Wildman–Crippen MR) is 125 cm³/mol. The normalized spacial score (nSPS) is 19.0. The summed E-state index contributed by atoms with van der Waals surface area (Å²) in [5.74, 6) is -0.267. The summed E-state index contributed by atoms with van der Waals surface area (Å²) in [5.41, 5.74) is -0.905. The van der Waals surface area contributed by atoms with Crippen LogP contribution in [-0.4, -0.2) is 83.9 Å². The van der Waals surface area contributed by atoms with Gasteiger partial charge in [-0.2, -0.15) is 4.31 Å². The number of carbonyl (C=O) groups excluding carboxylic acids is 1. The highest BCUT2D eigenvalue weighted by atomic mass is 32.2. The summed E-state index contributed by atoms with van der Waals surface area (Å²) in [6.07, 6.45) is 3.94. The van der Waals surface area contributed by atoms with E-state index in [2.05, 4.69) is 4.90 Å². The highest BCUT2D eigenvalue weighted by Gasteiger charge is 2.28. The first-order chi connectivity index (χ1) is 15.7. The van der Waals surface area contributed by atoms with Gasteiger partial charge in [0.05, 0.1) is 15.8 Å². The number of hydrogen-bond donors (Lipinski definition) is 0. The third kappa shape index (κ3) is 4.62. The lowest BCUT2D eigenvalue weighted by Gasteiger charge is -2.31. The molecule has 2 aliphatic rings. The quantitative estimate of drug-likeness (QED) is 0.616. The number of benzene rings is 1. The van der Waals surface area contributed by atoms with Crippen LogP contribution in [0, 0.1) is 0 Å². The number of aromatic nitrogens is 2. The molecule has 4 rings (SSSR count). The molecule has 2 aliphatic heterocycles. The molecule has 3 heterocycles. The Morgan fingerprint density at radius 1 is 0.909 bits per heavy atom. The van der Waals surface area contributed by atoms with E-state index in [4.69, 9.17) is 0 Å². The molecule has 0 spiro atoms. The molecule has 0 saturated carbocycles. The van der Waals surface area contributed by atoms with Crippen LogP contribution in [0.5, 0.6) is 0 Å². The zero-order chi connectivity index (χ0) is 23.8. The van der Waals surface area contributed by atoms with E-state index in [9.17, 15) is 22.8 Å². The Balaban J connectivity index is 1.72. The second-order valence-electron chi connectivity index (χ2n) is 8.91. The number of aryl methyl sites for hydroxylation is 1. The number of hydrogen-bond acceptors (Lipinski definition) is 6. The minimum absolute atomic E-state index is 0.0145. The van der Waals surface area contributed by atoms with Gasteiger partial charge < -0.3 is 9.80 Å². The van der Waals surface area contributed by atoms with E-state index in [1.807, 2.05) is 7.05 Å². The summed E-state index contributed by atoms with van der Waals surface area (Å²) in [4.78, 5) is 42.7. The molecule has 2 saturated heterocycles. The summed E-state index contributed by atoms with van der Waals surface area (Å²) in [5, 5.41) is 0.107. The van der Waals surface area contributed by atoms with Gasteiger partial charge in [0.15, 0.2) is 0 Å². The van der Waals surface area contributed by atoms with Gasteiger partial charge in [-0.15, -0.1) is 0 Å². The van der Waals surface area contributed by atoms with Crippen LogP contribution in [0.3, 0.4) is 0 Å². The average Bonchev–Trinajstić information content (AvgIpc) is 3.10. The van der Waals surface area contributed by atoms with Gasteiger partial charge in [-0.1, -0.05) is 12.8 Å². The number of likely N-dealkylation sites (tertiary alicyclic amines) is 1. The Morgan fingerprint density at radius 2 is 1.55 bits per heavy atom. The molecule has 10 nitrogen and oxygen atoms in total. The molecule has 33 heavy (non-hydrogen) atoms. The van der Waals surface area contributed by atoms with Crippen LogP contribution in [0.4, 0.5) is 0 Å². The molecule has 0 bridgehead atoms. The number of sulfonamides is 1. The Kier molecular flexibility index (Phi) is 6.73. The van der Waals surface area contributed by atoms with E-state index in [-0.39, 0.29) is 22.7 Å². The molecule has 0 unspecified atom stereocenters. The van der Waals surface area contributed by atoms with Gasteiger partial charge in [0.2, 0.25) is 15.9 Å². The lowest BCUT2D eigenvalue weighted by molar-refractivity contribution is -0.131. The van der Waals surface area contributed by atoms with Crippen molar-refractivity contribution in [3.8, 4) is 0 Å². The van der Waals surface area contributed by atoms with Crippen LogP contribution in [-0.2, 0) is 28.4 Å². The Bertz CT molecular complexity index is 1270. The van der Waals surface area contributed by atoms with Gasteiger partial charge >= 0.3 is 5.69 Å². The van der Waals surface area contributed by atoms with E-state index < -0.39 is 21.3 Å². The maximum absolute atomic E-state index is 13.2. The SMILES string of the molecule is CN1CCN(S(=O)(=O)c2ccc3c(c2)c(=O)n(CC(=O)N2CCCCCC2)c(=O)n3C)CC1. The van der Waals surface area contributed by atoms with Crippen LogP contribution < -0.4 is 11.2 Å². The fraction of sp³-hybridized carbons (Fsp3) is 0.591. The topological polar surface area (TPSA) is 105 Å². The number of rotatable bonds is 4. The Labute approximate surface area is 193 Å². The molecule has 180 valence electrons. The van der Waals surface area contributed by atoms with E-state index in [0.717, 1.165) is 30.3 Å². The van der Waals surface area contributed by atoms with E-state index >= 15 is 0 Å². The number of piperazine rings is 1. The van der Waals surface area contributed by atoms with E-state index in [1.54, 1.807) is 4.90 Å². The molecule has 2 fully saturated rings. The van der Waals surface area contributed by atoms with Crippen LogP contribution in [0.25, 0.3) is 10.9 Å². The molecule has 0 N–H and O–H groups in total. The minimum atomic E-state index is -3.78. The summed E-state index contributed by atoms with van der Waals surface area (Å²) in [6, 6.07) is 4.25. The molecule has 1 aromatic carbocycles. The number of carbonyl (C=O) groups is 1. The fourth-order valence-corrected chi connectivity index (χ4v) is 5.98. The Morgan fingerprint density at radius 3 is 2.18 bits per heavy atom. The lowest BCUT2D eigenvalue weighted by atomic mass is 10.2. The molecular formula is C22H31N5O5S. The summed E-state index contributed by atoms with van der Waals surface area (Å²) < 4.78 is 30.0. The number of nitrogens with zero attached hydrogens (tertiary/aromatic N) is 5. The second-order valence-corrected chi connectivity index (χ2v) is 10.9. The maximum Gasteiger partial charge on any atom is 0.331 e. The smallest absolute Gasteiger partial charge is 0.331 e. The van der Waals surface area contributed by atoms with Crippen molar-refractivity contribution in [3.63, 3.8) is 0 Å². The highest BCUT2D eigenvalue weighted by Crippen LogP contribution is 2.20. The predicted octanol–water partition coefficient (Wildman–Crippen LogP) is 0.0389. The zero-order valence-electron chi connectivity index (χ0n) is 19.2. The average molecular weight is 478 g/mol. The van der Waals surface area contributed by atoms with Crippen LogP contribution >= 0.6 is 0 Å². The van der Waals surface area contributed by atoms with Crippen LogP contribution in [0.2, 0.25) is 0 Å². The molecule has 0 radical (unpaired) electrons. The molecule has 2 aromatic rings. The first kappa shape index (κ1) is 23.7. The Hall–Kier alpha value is -2.50. The third-order valence-corrected chi connectivity index (χ3v) is 8.57. The number of amides is 1. The summed E-state index contributed by atoms with van der Waals surface area (Å²) >= 11 is 0.